The average Bonchev–Trinajstić information content (AvgIpc) is 2.79. The van der Waals surface area contributed by atoms with Gasteiger partial charge in [-0.3, -0.25) is 4.79 Å². The van der Waals surface area contributed by atoms with Gasteiger partial charge in [-0.25, -0.2) is 0 Å². The fraction of sp³-hybridized carbons (Fsp3) is 0.923. The lowest BCUT2D eigenvalue weighted by atomic mass is 9.62. The normalized spacial score (nSPS) is 39.8. The molecule has 0 aromatic carbocycles. The van der Waals surface area contributed by atoms with Gasteiger partial charge in [0.25, 0.3) is 0 Å². The third-order valence-electron chi connectivity index (χ3n) is 4.62. The molecule has 2 aliphatic rings. The zero-order chi connectivity index (χ0) is 11.6. The molecule has 0 aromatic heterocycles. The summed E-state index contributed by atoms with van der Waals surface area (Å²) in [5.41, 5.74) is -0.568. The fourth-order valence-electron chi connectivity index (χ4n) is 3.62. The van der Waals surface area contributed by atoms with E-state index in [0.29, 0.717) is 31.5 Å². The minimum Gasteiger partial charge on any atom is -0.481 e. The molecule has 0 bridgehead atoms. The van der Waals surface area contributed by atoms with Gasteiger partial charge in [0.2, 0.25) is 0 Å². The highest BCUT2D eigenvalue weighted by atomic mass is 16.5. The Kier molecular flexibility index (Phi) is 3.53. The zero-order valence-corrected chi connectivity index (χ0v) is 10.1. The molecule has 1 aliphatic heterocycles. The van der Waals surface area contributed by atoms with Crippen molar-refractivity contribution in [2.24, 2.45) is 17.3 Å². The van der Waals surface area contributed by atoms with E-state index >= 15 is 0 Å². The number of rotatable bonds is 3. The van der Waals surface area contributed by atoms with E-state index in [9.17, 15) is 9.90 Å². The van der Waals surface area contributed by atoms with Crippen molar-refractivity contribution in [3.8, 4) is 0 Å². The van der Waals surface area contributed by atoms with E-state index in [1.54, 1.807) is 0 Å². The SMILES string of the molecule is CCC1CCCCC1C1(C(=O)O)CCOC1. The summed E-state index contributed by atoms with van der Waals surface area (Å²) < 4.78 is 5.39. The monoisotopic (exact) mass is 226 g/mol. The van der Waals surface area contributed by atoms with Crippen LogP contribution in [0.2, 0.25) is 0 Å². The molecule has 16 heavy (non-hydrogen) atoms. The van der Waals surface area contributed by atoms with E-state index in [1.807, 2.05) is 0 Å². The van der Waals surface area contributed by atoms with Crippen molar-refractivity contribution in [3.05, 3.63) is 0 Å². The van der Waals surface area contributed by atoms with Crippen LogP contribution in [0.3, 0.4) is 0 Å². The van der Waals surface area contributed by atoms with Crippen LogP contribution in [-0.4, -0.2) is 24.3 Å². The largest absolute Gasteiger partial charge is 0.481 e. The summed E-state index contributed by atoms with van der Waals surface area (Å²) in [5, 5.41) is 9.55. The Morgan fingerprint density at radius 2 is 2.19 bits per heavy atom. The summed E-state index contributed by atoms with van der Waals surface area (Å²) in [4.78, 5) is 11.6. The van der Waals surface area contributed by atoms with Crippen molar-refractivity contribution in [1.82, 2.24) is 0 Å². The van der Waals surface area contributed by atoms with E-state index in [0.717, 1.165) is 12.8 Å². The molecule has 1 heterocycles. The summed E-state index contributed by atoms with van der Waals surface area (Å²) in [6.07, 6.45) is 6.56. The van der Waals surface area contributed by atoms with Crippen LogP contribution < -0.4 is 0 Å². The van der Waals surface area contributed by atoms with Crippen molar-refractivity contribution in [2.75, 3.05) is 13.2 Å². The summed E-state index contributed by atoms with van der Waals surface area (Å²) >= 11 is 0. The highest BCUT2D eigenvalue weighted by molar-refractivity contribution is 5.75. The van der Waals surface area contributed by atoms with Gasteiger partial charge in [-0.05, 0) is 24.7 Å². The van der Waals surface area contributed by atoms with Gasteiger partial charge in [-0.15, -0.1) is 0 Å². The van der Waals surface area contributed by atoms with Crippen LogP contribution in [0.1, 0.15) is 45.4 Å². The summed E-state index contributed by atoms with van der Waals surface area (Å²) in [6, 6.07) is 0. The first-order valence-corrected chi connectivity index (χ1v) is 6.52. The lowest BCUT2D eigenvalue weighted by molar-refractivity contribution is -0.155. The van der Waals surface area contributed by atoms with Crippen LogP contribution in [0.15, 0.2) is 0 Å². The van der Waals surface area contributed by atoms with Crippen LogP contribution in [-0.2, 0) is 9.53 Å². The Labute approximate surface area is 97.2 Å². The number of ether oxygens (including phenoxy) is 1. The number of aliphatic carboxylic acids is 1. The lowest BCUT2D eigenvalue weighted by Crippen LogP contribution is -2.44. The minimum atomic E-state index is -0.629. The second-order valence-electron chi connectivity index (χ2n) is 5.32. The number of hydrogen-bond acceptors (Lipinski definition) is 2. The third kappa shape index (κ3) is 1.86. The first-order valence-electron chi connectivity index (χ1n) is 6.52. The van der Waals surface area contributed by atoms with Crippen molar-refractivity contribution >= 4 is 5.97 Å². The summed E-state index contributed by atoms with van der Waals surface area (Å²) in [5.74, 6) is 0.299. The molecule has 1 saturated heterocycles. The summed E-state index contributed by atoms with van der Waals surface area (Å²) in [7, 11) is 0. The second-order valence-corrected chi connectivity index (χ2v) is 5.32. The number of carboxylic acid groups (broad SMARTS) is 1. The Morgan fingerprint density at radius 1 is 1.44 bits per heavy atom. The van der Waals surface area contributed by atoms with Crippen molar-refractivity contribution < 1.29 is 14.6 Å². The van der Waals surface area contributed by atoms with E-state index < -0.39 is 11.4 Å². The average molecular weight is 226 g/mol. The van der Waals surface area contributed by atoms with Crippen LogP contribution in [0.25, 0.3) is 0 Å². The maximum Gasteiger partial charge on any atom is 0.312 e. The predicted octanol–water partition coefficient (Wildman–Crippen LogP) is 2.69. The highest BCUT2D eigenvalue weighted by Crippen LogP contribution is 2.48. The van der Waals surface area contributed by atoms with Gasteiger partial charge in [-0.1, -0.05) is 32.6 Å². The molecule has 0 radical (unpaired) electrons. The first kappa shape index (κ1) is 11.9. The van der Waals surface area contributed by atoms with Gasteiger partial charge in [0.05, 0.1) is 12.0 Å². The molecule has 0 spiro atoms. The van der Waals surface area contributed by atoms with Gasteiger partial charge in [0.15, 0.2) is 0 Å². The molecule has 0 aromatic rings. The van der Waals surface area contributed by atoms with Crippen molar-refractivity contribution in [3.63, 3.8) is 0 Å². The van der Waals surface area contributed by atoms with Crippen LogP contribution in [0, 0.1) is 17.3 Å². The molecule has 3 nitrogen and oxygen atoms in total. The molecule has 0 amide bonds. The van der Waals surface area contributed by atoms with Crippen molar-refractivity contribution in [2.45, 2.75) is 45.4 Å². The second kappa shape index (κ2) is 4.74. The Morgan fingerprint density at radius 3 is 2.75 bits per heavy atom. The highest BCUT2D eigenvalue weighted by Gasteiger charge is 2.51. The molecule has 92 valence electrons. The first-order chi connectivity index (χ1) is 7.70. The molecular weight excluding hydrogens is 204 g/mol. The minimum absolute atomic E-state index is 0.339. The van der Waals surface area contributed by atoms with E-state index in [4.69, 9.17) is 4.74 Å². The van der Waals surface area contributed by atoms with Crippen LogP contribution >= 0.6 is 0 Å². The molecule has 3 unspecified atom stereocenters. The van der Waals surface area contributed by atoms with Gasteiger partial charge in [-0.2, -0.15) is 0 Å². The molecule has 2 rings (SSSR count). The van der Waals surface area contributed by atoms with Crippen LogP contribution in [0.5, 0.6) is 0 Å². The van der Waals surface area contributed by atoms with Gasteiger partial charge in [0.1, 0.15) is 0 Å². The Hall–Kier alpha value is -0.570. The van der Waals surface area contributed by atoms with E-state index in [1.165, 1.54) is 19.3 Å². The quantitative estimate of drug-likeness (QED) is 0.804. The molecule has 3 atom stereocenters. The van der Waals surface area contributed by atoms with E-state index in [2.05, 4.69) is 6.92 Å². The lowest BCUT2D eigenvalue weighted by Gasteiger charge is -2.40. The number of hydrogen-bond donors (Lipinski definition) is 1. The standard InChI is InChI=1S/C13H22O3/c1-2-10-5-3-4-6-11(10)13(12(14)15)7-8-16-9-13/h10-11H,2-9H2,1H3,(H,14,15). The fourth-order valence-corrected chi connectivity index (χ4v) is 3.62. The van der Waals surface area contributed by atoms with Gasteiger partial charge in [0, 0.05) is 6.61 Å². The topological polar surface area (TPSA) is 46.5 Å². The third-order valence-corrected chi connectivity index (χ3v) is 4.62. The predicted molar refractivity (Wildman–Crippen MR) is 61.2 cm³/mol. The van der Waals surface area contributed by atoms with E-state index in [-0.39, 0.29) is 0 Å². The molecular formula is C13H22O3. The maximum atomic E-state index is 11.6. The number of carboxylic acids is 1. The number of carbonyl (C=O) groups is 1. The molecule has 2 fully saturated rings. The Bertz CT molecular complexity index is 256. The summed E-state index contributed by atoms with van der Waals surface area (Å²) in [6.45, 7) is 3.25. The molecule has 1 aliphatic carbocycles. The van der Waals surface area contributed by atoms with Gasteiger partial charge >= 0.3 is 5.97 Å². The maximum absolute atomic E-state index is 11.6. The molecule has 1 saturated carbocycles. The Balaban J connectivity index is 2.20. The van der Waals surface area contributed by atoms with Crippen LogP contribution in [0.4, 0.5) is 0 Å². The molecule has 3 heteroatoms. The van der Waals surface area contributed by atoms with Gasteiger partial charge < -0.3 is 9.84 Å². The van der Waals surface area contributed by atoms with Crippen molar-refractivity contribution in [1.29, 1.82) is 0 Å². The molecule has 1 N–H and O–H groups in total. The smallest absolute Gasteiger partial charge is 0.312 e. The zero-order valence-electron chi connectivity index (χ0n) is 10.1.